The van der Waals surface area contributed by atoms with Crippen LogP contribution in [0.3, 0.4) is 0 Å². The number of hydrogen-bond acceptors (Lipinski definition) is 4. The highest BCUT2D eigenvalue weighted by Gasteiger charge is 2.09. The van der Waals surface area contributed by atoms with Crippen LogP contribution in [0.2, 0.25) is 0 Å². The molecule has 0 bridgehead atoms. The van der Waals surface area contributed by atoms with Gasteiger partial charge in [0.15, 0.2) is 5.76 Å². The van der Waals surface area contributed by atoms with Gasteiger partial charge in [0.25, 0.3) is 0 Å². The molecule has 2 aromatic rings. The van der Waals surface area contributed by atoms with Crippen molar-refractivity contribution in [3.05, 3.63) is 47.3 Å². The Labute approximate surface area is 98.1 Å². The van der Waals surface area contributed by atoms with Gasteiger partial charge in [-0.3, -0.25) is 0 Å². The molecule has 1 aromatic carbocycles. The lowest BCUT2D eigenvalue weighted by atomic mass is 10.2. The van der Waals surface area contributed by atoms with Gasteiger partial charge in [0, 0.05) is 11.8 Å². The van der Waals surface area contributed by atoms with Crippen molar-refractivity contribution in [3.8, 4) is 0 Å². The molecule has 2 N–H and O–H groups in total. The van der Waals surface area contributed by atoms with E-state index < -0.39 is 5.97 Å². The van der Waals surface area contributed by atoms with Crippen LogP contribution < -0.4 is 5.32 Å². The van der Waals surface area contributed by atoms with Crippen molar-refractivity contribution in [1.29, 1.82) is 0 Å². The Morgan fingerprint density at radius 2 is 2.24 bits per heavy atom. The van der Waals surface area contributed by atoms with E-state index in [1.165, 1.54) is 0 Å². The average Bonchev–Trinajstić information content (AvgIpc) is 2.73. The summed E-state index contributed by atoms with van der Waals surface area (Å²) < 4.78 is 5.03. The summed E-state index contributed by atoms with van der Waals surface area (Å²) in [4.78, 5) is 11.0. The number of carbonyl (C=O) groups is 1. The molecule has 1 aromatic heterocycles. The van der Waals surface area contributed by atoms with Crippen molar-refractivity contribution in [2.24, 2.45) is 0 Å². The van der Waals surface area contributed by atoms with Gasteiger partial charge in [0.1, 0.15) is 0 Å². The molecule has 0 unspecified atom stereocenters. The van der Waals surface area contributed by atoms with Crippen molar-refractivity contribution >= 4 is 11.7 Å². The molecule has 0 aliphatic heterocycles. The summed E-state index contributed by atoms with van der Waals surface area (Å²) >= 11 is 0. The normalized spacial score (nSPS) is 10.2. The van der Waals surface area contributed by atoms with Crippen molar-refractivity contribution < 1.29 is 14.4 Å². The van der Waals surface area contributed by atoms with Crippen LogP contribution in [0.5, 0.6) is 0 Å². The minimum atomic E-state index is -0.957. The van der Waals surface area contributed by atoms with Crippen molar-refractivity contribution in [3.63, 3.8) is 0 Å². The number of aromatic nitrogens is 1. The number of carboxylic acids is 1. The maximum atomic E-state index is 11.0. The van der Waals surface area contributed by atoms with Crippen LogP contribution in [-0.4, -0.2) is 16.2 Å². The predicted molar refractivity (Wildman–Crippen MR) is 62.0 cm³/mol. The Balaban J connectivity index is 2.11. The van der Waals surface area contributed by atoms with Gasteiger partial charge < -0.3 is 14.9 Å². The highest BCUT2D eigenvalue weighted by molar-refractivity contribution is 5.94. The first kappa shape index (κ1) is 11.2. The third-order valence-electron chi connectivity index (χ3n) is 2.29. The molecule has 0 fully saturated rings. The second-order valence-electron chi connectivity index (χ2n) is 3.64. The summed E-state index contributed by atoms with van der Waals surface area (Å²) in [6.07, 6.45) is 0. The molecular formula is C12H12N2O3. The van der Waals surface area contributed by atoms with E-state index in [0.717, 1.165) is 5.69 Å². The number of aryl methyl sites for hydroxylation is 1. The zero-order valence-electron chi connectivity index (χ0n) is 9.30. The largest absolute Gasteiger partial charge is 0.478 e. The van der Waals surface area contributed by atoms with E-state index in [-0.39, 0.29) is 5.56 Å². The summed E-state index contributed by atoms with van der Waals surface area (Å²) in [5.41, 5.74) is 1.60. The van der Waals surface area contributed by atoms with Crippen molar-refractivity contribution in [2.75, 3.05) is 5.32 Å². The van der Waals surface area contributed by atoms with Gasteiger partial charge in [-0.1, -0.05) is 17.3 Å². The molecule has 0 spiro atoms. The standard InChI is InChI=1S/C12H12N2O3/c1-8-6-9(17-14-8)7-13-11-5-3-2-4-10(11)12(15)16/h2-6,13H,7H2,1H3,(H,15,16). The van der Waals surface area contributed by atoms with Crippen molar-refractivity contribution in [2.45, 2.75) is 13.5 Å². The molecule has 0 radical (unpaired) electrons. The summed E-state index contributed by atoms with van der Waals surface area (Å²) in [5.74, 6) is -0.287. The fraction of sp³-hybridized carbons (Fsp3) is 0.167. The molecule has 0 atom stereocenters. The van der Waals surface area contributed by atoms with Crippen LogP contribution in [0.4, 0.5) is 5.69 Å². The molecule has 5 nitrogen and oxygen atoms in total. The summed E-state index contributed by atoms with van der Waals surface area (Å²) in [7, 11) is 0. The molecule has 5 heteroatoms. The summed E-state index contributed by atoms with van der Waals surface area (Å²) in [6.45, 7) is 2.24. The second kappa shape index (κ2) is 4.69. The van der Waals surface area contributed by atoms with Gasteiger partial charge >= 0.3 is 5.97 Å². The fourth-order valence-electron chi connectivity index (χ4n) is 1.51. The number of nitrogens with one attached hydrogen (secondary N) is 1. The topological polar surface area (TPSA) is 75.4 Å². The van der Waals surface area contributed by atoms with Crippen LogP contribution in [0, 0.1) is 6.92 Å². The zero-order chi connectivity index (χ0) is 12.3. The fourth-order valence-corrected chi connectivity index (χ4v) is 1.51. The molecule has 0 aliphatic carbocycles. The lowest BCUT2D eigenvalue weighted by molar-refractivity contribution is 0.0698. The second-order valence-corrected chi connectivity index (χ2v) is 3.64. The van der Waals surface area contributed by atoms with Gasteiger partial charge in [0.2, 0.25) is 0 Å². The minimum Gasteiger partial charge on any atom is -0.478 e. The first-order valence-corrected chi connectivity index (χ1v) is 5.15. The van der Waals surface area contributed by atoms with E-state index in [1.807, 2.05) is 6.92 Å². The van der Waals surface area contributed by atoms with Gasteiger partial charge in [-0.15, -0.1) is 0 Å². The molecule has 2 rings (SSSR count). The van der Waals surface area contributed by atoms with Crippen LogP contribution in [0.15, 0.2) is 34.9 Å². The molecule has 0 saturated carbocycles. The number of aromatic carboxylic acids is 1. The Morgan fingerprint density at radius 3 is 2.88 bits per heavy atom. The lowest BCUT2D eigenvalue weighted by Gasteiger charge is -2.06. The van der Waals surface area contributed by atoms with Crippen LogP contribution in [-0.2, 0) is 6.54 Å². The monoisotopic (exact) mass is 232 g/mol. The first-order chi connectivity index (χ1) is 8.16. The number of rotatable bonds is 4. The van der Waals surface area contributed by atoms with E-state index in [2.05, 4.69) is 10.5 Å². The molecule has 0 aliphatic rings. The number of carboxylic acid groups (broad SMARTS) is 1. The highest BCUT2D eigenvalue weighted by atomic mass is 16.5. The molecule has 88 valence electrons. The smallest absolute Gasteiger partial charge is 0.337 e. The van der Waals surface area contributed by atoms with Crippen molar-refractivity contribution in [1.82, 2.24) is 5.16 Å². The zero-order valence-corrected chi connectivity index (χ0v) is 9.30. The number of nitrogens with zero attached hydrogens (tertiary/aromatic N) is 1. The van der Waals surface area contributed by atoms with E-state index in [9.17, 15) is 4.79 Å². The van der Waals surface area contributed by atoms with E-state index in [4.69, 9.17) is 9.63 Å². The Morgan fingerprint density at radius 1 is 1.47 bits per heavy atom. The number of para-hydroxylation sites is 1. The molecule has 17 heavy (non-hydrogen) atoms. The summed E-state index contributed by atoms with van der Waals surface area (Å²) in [6, 6.07) is 8.53. The molecule has 0 saturated heterocycles. The Hall–Kier alpha value is -2.30. The van der Waals surface area contributed by atoms with Gasteiger partial charge in [-0.25, -0.2) is 4.79 Å². The van der Waals surface area contributed by atoms with Crippen LogP contribution >= 0.6 is 0 Å². The predicted octanol–water partition coefficient (Wildman–Crippen LogP) is 2.29. The maximum absolute atomic E-state index is 11.0. The van der Waals surface area contributed by atoms with E-state index >= 15 is 0 Å². The SMILES string of the molecule is Cc1cc(CNc2ccccc2C(=O)O)on1. The number of hydrogen-bond donors (Lipinski definition) is 2. The minimum absolute atomic E-state index is 0.240. The molecule has 1 heterocycles. The van der Waals surface area contributed by atoms with Gasteiger partial charge in [-0.2, -0.15) is 0 Å². The van der Waals surface area contributed by atoms with E-state index in [0.29, 0.717) is 18.0 Å². The third-order valence-corrected chi connectivity index (χ3v) is 2.29. The Bertz CT molecular complexity index is 534. The first-order valence-electron chi connectivity index (χ1n) is 5.15. The third kappa shape index (κ3) is 2.63. The number of benzene rings is 1. The van der Waals surface area contributed by atoms with Gasteiger partial charge in [-0.05, 0) is 19.1 Å². The Kier molecular flexibility index (Phi) is 3.09. The number of anilines is 1. The quantitative estimate of drug-likeness (QED) is 0.845. The highest BCUT2D eigenvalue weighted by Crippen LogP contribution is 2.16. The summed E-state index contributed by atoms with van der Waals surface area (Å²) in [5, 5.41) is 15.8. The van der Waals surface area contributed by atoms with Crippen LogP contribution in [0.25, 0.3) is 0 Å². The average molecular weight is 232 g/mol. The van der Waals surface area contributed by atoms with Crippen LogP contribution in [0.1, 0.15) is 21.8 Å². The lowest BCUT2D eigenvalue weighted by Crippen LogP contribution is -2.05. The van der Waals surface area contributed by atoms with Gasteiger partial charge in [0.05, 0.1) is 17.8 Å². The molecule has 0 amide bonds. The maximum Gasteiger partial charge on any atom is 0.337 e. The van der Waals surface area contributed by atoms with E-state index in [1.54, 1.807) is 30.3 Å². The molecular weight excluding hydrogens is 220 g/mol.